The lowest BCUT2D eigenvalue weighted by molar-refractivity contribution is -0.146. The van der Waals surface area contributed by atoms with Crippen molar-refractivity contribution in [1.82, 2.24) is 40.3 Å². The minimum Gasteiger partial charge on any atom is -0.481 e. The van der Waals surface area contributed by atoms with E-state index in [1.165, 1.54) is 23.0 Å². The van der Waals surface area contributed by atoms with Crippen molar-refractivity contribution in [3.05, 3.63) is 41.7 Å². The molecule has 36 heteroatoms. The fraction of sp³-hybridized carbons (Fsp3) is 0.714. The molecule has 10 N–H and O–H groups in total. The molecule has 0 bridgehead atoms. The van der Waals surface area contributed by atoms with E-state index >= 15 is 4.11 Å². The summed E-state index contributed by atoms with van der Waals surface area (Å²) in [4.78, 5) is 175. The zero-order chi connectivity index (χ0) is 79.6. The number of aromatic nitrogens is 3. The molecule has 2 aromatic rings. The molecule has 1 aromatic carbocycles. The number of nitrogens with zero attached hydrogens (tertiary/aromatic N) is 6. The van der Waals surface area contributed by atoms with Crippen LogP contribution in [0.15, 0.2) is 30.5 Å². The molecule has 3 rings (SSSR count). The number of hydrogen-bond donors (Lipinski definition) is 10. The van der Waals surface area contributed by atoms with Crippen LogP contribution in [0.25, 0.3) is 0 Å². The lowest BCUT2D eigenvalue weighted by Gasteiger charge is -2.44. The number of hydrogen-bond acceptors (Lipinski definition) is 20. The Morgan fingerprint density at radius 1 is 0.547 bits per heavy atom. The fourth-order valence-corrected chi connectivity index (χ4v) is 22.1. The van der Waals surface area contributed by atoms with Crippen LogP contribution in [0.4, 0.5) is 4.11 Å². The monoisotopic (exact) mass is 1570 g/mol. The summed E-state index contributed by atoms with van der Waals surface area (Å²) in [5.74, 6) is -13.2. The summed E-state index contributed by atoms with van der Waals surface area (Å²) in [6.07, 6.45) is 1.98. The van der Waals surface area contributed by atoms with Crippen molar-refractivity contribution in [2.75, 3.05) is 89.7 Å². The molecule has 1 aliphatic heterocycles. The molecule has 1 saturated heterocycles. The second-order valence-electron chi connectivity index (χ2n) is 29.9. The van der Waals surface area contributed by atoms with Crippen LogP contribution in [0.2, 0.25) is 10.1 Å². The molecule has 0 radical (unpaired) electrons. The minimum absolute atomic E-state index is 0.00160. The zero-order valence-electron chi connectivity index (χ0n) is 62.2. The molecule has 1 fully saturated rings. The van der Waals surface area contributed by atoms with Gasteiger partial charge in [-0.3, -0.25) is 81.4 Å². The molecular formula is C70H113FN8O23P3Si+. The first-order chi connectivity index (χ1) is 49.5. The highest BCUT2D eigenvalue weighted by Crippen LogP contribution is 2.51. The number of benzene rings is 1. The van der Waals surface area contributed by atoms with Crippen LogP contribution in [0, 0.1) is 17.8 Å². The van der Waals surface area contributed by atoms with Crippen LogP contribution in [0.1, 0.15) is 211 Å². The first-order valence-corrected chi connectivity index (χ1v) is 44.0. The number of halogens is 1. The minimum atomic E-state index is -4.08. The van der Waals surface area contributed by atoms with Gasteiger partial charge in [0, 0.05) is 134 Å². The van der Waals surface area contributed by atoms with E-state index in [0.717, 1.165) is 0 Å². The number of ketones is 4. The third-order valence-corrected chi connectivity index (χ3v) is 29.2. The molecule has 7 atom stereocenters. The topological polar surface area (TPSA) is 482 Å². The Morgan fingerprint density at radius 3 is 1.52 bits per heavy atom. The molecule has 1 aliphatic rings. The van der Waals surface area contributed by atoms with E-state index in [4.69, 9.17) is 15.3 Å². The number of carbonyl (C=O) groups excluding carboxylic acids is 6. The molecular weight excluding hydrogens is 1460 g/mol. The average molecular weight is 1570 g/mol. The number of nitrogens with one attached hydrogen (secondary N) is 2. The van der Waals surface area contributed by atoms with Crippen molar-refractivity contribution in [3.8, 4) is 0 Å². The Morgan fingerprint density at radius 2 is 1.01 bits per heavy atom. The maximum atomic E-state index is 17.2. The Bertz CT molecular complexity index is 3390. The molecule has 1 aromatic heterocycles. The Hall–Kier alpha value is -6.69. The number of unbranched alkanes of at least 4 members (excludes halogenated alkanes) is 6. The number of carboxylic acids is 6. The third kappa shape index (κ3) is 36.0. The Balaban J connectivity index is 1.59. The van der Waals surface area contributed by atoms with Gasteiger partial charge in [0.15, 0.2) is 18.2 Å². The summed E-state index contributed by atoms with van der Waals surface area (Å²) >= 11 is 0. The first-order valence-electron chi connectivity index (χ1n) is 36.4. The average Bonchev–Trinajstić information content (AvgIpc) is 0.892. The van der Waals surface area contributed by atoms with Crippen LogP contribution in [0.3, 0.4) is 0 Å². The summed E-state index contributed by atoms with van der Waals surface area (Å²) in [6, 6.07) is 4.92. The maximum absolute atomic E-state index is 17.2. The highest BCUT2D eigenvalue weighted by molar-refractivity contribution is 7.58. The quantitative estimate of drug-likeness (QED) is 0.0128. The van der Waals surface area contributed by atoms with Crippen molar-refractivity contribution in [2.24, 2.45) is 17.8 Å². The number of aryl methyl sites for hydroxylation is 1. The van der Waals surface area contributed by atoms with Gasteiger partial charge in [-0.25, -0.2) is 4.68 Å². The summed E-state index contributed by atoms with van der Waals surface area (Å²) in [6.45, 7) is 12.2. The second kappa shape index (κ2) is 46.0. The molecule has 3 unspecified atom stereocenters. The zero-order valence-corrected chi connectivity index (χ0v) is 65.9. The Kier molecular flexibility index (Phi) is 40.5. The van der Waals surface area contributed by atoms with Crippen LogP contribution < -0.4 is 15.8 Å². The van der Waals surface area contributed by atoms with Crippen LogP contribution >= 0.6 is 22.5 Å². The van der Waals surface area contributed by atoms with Crippen molar-refractivity contribution in [3.63, 3.8) is 0 Å². The van der Waals surface area contributed by atoms with Gasteiger partial charge >= 0.3 is 43.6 Å². The normalized spacial score (nSPS) is 16.1. The number of aliphatic carboxylic acids is 6. The number of carbonyl (C=O) groups is 12. The van der Waals surface area contributed by atoms with Gasteiger partial charge < -0.3 is 55.2 Å². The second-order valence-corrected chi connectivity index (χ2v) is 41.3. The van der Waals surface area contributed by atoms with Gasteiger partial charge in [0.2, 0.25) is 20.6 Å². The van der Waals surface area contributed by atoms with Crippen LogP contribution in [-0.4, -0.2) is 239 Å². The van der Waals surface area contributed by atoms with E-state index in [1.807, 2.05) is 41.5 Å². The molecule has 0 spiro atoms. The summed E-state index contributed by atoms with van der Waals surface area (Å²) in [5.41, 5.74) is 0.395. The van der Waals surface area contributed by atoms with Gasteiger partial charge in [-0.2, -0.15) is 0 Å². The fourth-order valence-electron chi connectivity index (χ4n) is 13.0. The van der Waals surface area contributed by atoms with Crippen LogP contribution in [0.5, 0.6) is 0 Å². The highest BCUT2D eigenvalue weighted by atomic mass is 31.2. The molecule has 2 heterocycles. The molecule has 596 valence electrons. The van der Waals surface area contributed by atoms with E-state index in [2.05, 4.69) is 20.9 Å². The molecule has 2 amide bonds. The van der Waals surface area contributed by atoms with E-state index < -0.39 is 162 Å². The van der Waals surface area contributed by atoms with Gasteiger partial charge in [0.1, 0.15) is 23.4 Å². The summed E-state index contributed by atoms with van der Waals surface area (Å²) in [7, 11) is -13.7. The molecule has 0 saturated carbocycles. The van der Waals surface area contributed by atoms with Gasteiger partial charge in [0.25, 0.3) is 14.3 Å². The predicted octanol–water partition coefficient (Wildman–Crippen LogP) is 8.40. The van der Waals surface area contributed by atoms with Gasteiger partial charge in [-0.15, -0.1) is 5.10 Å². The van der Waals surface area contributed by atoms with Crippen molar-refractivity contribution in [2.45, 2.75) is 212 Å². The van der Waals surface area contributed by atoms with E-state index in [9.17, 15) is 96.3 Å². The number of rotatable bonds is 54. The predicted molar refractivity (Wildman–Crippen MR) is 394 cm³/mol. The van der Waals surface area contributed by atoms with Gasteiger partial charge in [-0.1, -0.05) is 95.6 Å². The third-order valence-electron chi connectivity index (χ3n) is 18.9. The van der Waals surface area contributed by atoms with Crippen molar-refractivity contribution >= 4 is 107 Å². The molecule has 31 nitrogen and oxygen atoms in total. The molecule has 0 aliphatic carbocycles. The van der Waals surface area contributed by atoms with Crippen LogP contribution in [-0.2, 0) is 72.9 Å². The van der Waals surface area contributed by atoms with E-state index in [0.29, 0.717) is 69.4 Å². The number of carboxylic acid groups (broad SMARTS) is 6. The lowest BCUT2D eigenvalue weighted by Crippen LogP contribution is -2.57. The smallest absolute Gasteiger partial charge is 0.354 e. The molecule has 106 heavy (non-hydrogen) atoms. The van der Waals surface area contributed by atoms with Crippen molar-refractivity contribution in [1.29, 1.82) is 0 Å². The number of Topliss-reactive ketones (excluding diaryl/α,β-unsaturated/α-hetero) is 4. The maximum Gasteiger partial charge on any atom is 0.354 e. The van der Waals surface area contributed by atoms with Gasteiger partial charge in [-0.05, 0) is 78.8 Å². The van der Waals surface area contributed by atoms with Gasteiger partial charge in [0.05, 0.1) is 48.9 Å². The lowest BCUT2D eigenvalue weighted by atomic mass is 9.90. The highest BCUT2D eigenvalue weighted by Gasteiger charge is 2.56. The standard InChI is InChI=1S/C70H112FN8O23P3Si/c1-69(2,3)106(71,70(4,5)6)58-26-21-50(22-27-58)65(91)73-45-59(79-46-54(74-75-79)24-25-56(81)30-40-104(99,100)48-77-35-33-76(47-103(98)39-29-63(87)88)34-36-78(38-37-77)49-105(101,102)41-31-64(89)90)60(83)44-52(67(94)95)16-10-9-12-19-55(80)18-11-7-8-13-20-61(84)72-32-15-14-17-51(66(92)93)42-57(82)43-53(68(96)97)23-28-62(85)86/h21-22,26-27,46,51-53,59H,7-20,23-25,28-45,47-49H2,1-6H3,(H9-,72,73,84,85,86,87,88,89,90,91,92,93,94,95,96,97,99,100,101,102)/p+1/t51-,52-,53-,59-/m1/s1. The van der Waals surface area contributed by atoms with E-state index in [1.54, 1.807) is 26.8 Å². The Labute approximate surface area is 621 Å². The van der Waals surface area contributed by atoms with Crippen molar-refractivity contribution < 1.29 is 116 Å². The largest absolute Gasteiger partial charge is 0.481 e. The summed E-state index contributed by atoms with van der Waals surface area (Å²) < 4.78 is 58.0. The number of amides is 2. The summed E-state index contributed by atoms with van der Waals surface area (Å²) in [5, 5.41) is 69.3. The van der Waals surface area contributed by atoms with E-state index in [-0.39, 0.29) is 165 Å². The first kappa shape index (κ1) is 93.5. The SMILES string of the molecule is CC(C)(C)[Si](F)(c1ccc(C(=O)NC[C@H](C(=O)C[C@@H](CCCCCC(=O)CCCCCCC(=O)NCCCC[C@H](CC(=O)C[C@@H](CCC(=O)O)C(=O)O)C(=O)O)C(=O)O)n2cc(CCC(=O)CCP(=O)(O)CN3CCN(C[P+](=O)CCC(=O)O)CCN(CP(=O)(O)CCC(=O)O)CC3)nn2)cc1)C(C)(C)C.